The van der Waals surface area contributed by atoms with Crippen LogP contribution in [0.1, 0.15) is 24.2 Å². The van der Waals surface area contributed by atoms with Crippen LogP contribution in [0, 0.1) is 0 Å². The molecule has 0 saturated heterocycles. The first-order valence-electron chi connectivity index (χ1n) is 7.12. The third-order valence-electron chi connectivity index (χ3n) is 3.50. The van der Waals surface area contributed by atoms with E-state index in [0.29, 0.717) is 12.6 Å². The van der Waals surface area contributed by atoms with Gasteiger partial charge in [-0.3, -0.25) is 0 Å². The second-order valence-electron chi connectivity index (χ2n) is 5.20. The Morgan fingerprint density at radius 3 is 2.90 bits per heavy atom. The van der Waals surface area contributed by atoms with E-state index in [9.17, 15) is 0 Å². The number of hydrogen-bond donors (Lipinski definition) is 1. The van der Waals surface area contributed by atoms with Gasteiger partial charge in [0.05, 0.1) is 0 Å². The van der Waals surface area contributed by atoms with E-state index in [2.05, 4.69) is 37.0 Å². The molecule has 0 radical (unpaired) electrons. The fourth-order valence-corrected chi connectivity index (χ4v) is 2.97. The zero-order valence-electron chi connectivity index (χ0n) is 12.4. The quantitative estimate of drug-likeness (QED) is 0.852. The van der Waals surface area contributed by atoms with Crippen LogP contribution in [-0.4, -0.2) is 30.2 Å². The van der Waals surface area contributed by atoms with Gasteiger partial charge in [-0.1, -0.05) is 0 Å². The first-order chi connectivity index (χ1) is 10.3. The molecule has 21 heavy (non-hydrogen) atoms. The molecule has 2 heterocycles. The van der Waals surface area contributed by atoms with E-state index in [0.717, 1.165) is 24.0 Å². The zero-order chi connectivity index (χ0) is 14.7. The maximum absolute atomic E-state index is 5.17. The maximum atomic E-state index is 5.17. The summed E-state index contributed by atoms with van der Waals surface area (Å²) in [6.45, 7) is 1.33. The van der Waals surface area contributed by atoms with Crippen molar-refractivity contribution in [1.82, 2.24) is 9.97 Å². The largest absolute Gasteiger partial charge is 0.377 e. The highest BCUT2D eigenvalue weighted by atomic mass is 32.1. The van der Waals surface area contributed by atoms with E-state index in [1.807, 2.05) is 13.1 Å². The van der Waals surface area contributed by atoms with Gasteiger partial charge in [0, 0.05) is 32.8 Å². The summed E-state index contributed by atoms with van der Waals surface area (Å²) in [6, 6.07) is 4.79. The Morgan fingerprint density at radius 1 is 1.43 bits per heavy atom. The van der Waals surface area contributed by atoms with Gasteiger partial charge >= 0.3 is 0 Å². The minimum absolute atomic E-state index is 0.430. The second-order valence-corrected chi connectivity index (χ2v) is 5.98. The van der Waals surface area contributed by atoms with Crippen molar-refractivity contribution in [3.05, 3.63) is 34.3 Å². The minimum atomic E-state index is 0.430. The summed E-state index contributed by atoms with van der Waals surface area (Å²) in [7, 11) is 3.54. The van der Waals surface area contributed by atoms with Gasteiger partial charge in [0.2, 0.25) is 0 Å². The Balaban J connectivity index is 1.88. The van der Waals surface area contributed by atoms with Gasteiger partial charge in [-0.15, -0.1) is 0 Å². The van der Waals surface area contributed by atoms with E-state index < -0.39 is 0 Å². The topological polar surface area (TPSA) is 50.3 Å². The molecule has 3 rings (SSSR count). The van der Waals surface area contributed by atoms with Gasteiger partial charge in [0.25, 0.3) is 0 Å². The number of rotatable bonds is 7. The molecule has 2 aromatic heterocycles. The smallest absolute Gasteiger partial charge is 0.158 e. The van der Waals surface area contributed by atoms with Crippen LogP contribution < -0.4 is 10.2 Å². The summed E-state index contributed by atoms with van der Waals surface area (Å²) in [6.07, 6.45) is 2.48. The molecule has 0 bridgehead atoms. The lowest BCUT2D eigenvalue weighted by molar-refractivity contribution is 0.178. The average Bonchev–Trinajstić information content (AvgIpc) is 3.21. The average molecular weight is 304 g/mol. The molecule has 1 aliphatic carbocycles. The van der Waals surface area contributed by atoms with Crippen molar-refractivity contribution in [1.29, 1.82) is 0 Å². The van der Waals surface area contributed by atoms with Crippen molar-refractivity contribution in [2.24, 2.45) is 0 Å². The van der Waals surface area contributed by atoms with E-state index in [-0.39, 0.29) is 0 Å². The molecule has 0 atom stereocenters. The number of aromatic nitrogens is 2. The van der Waals surface area contributed by atoms with Crippen molar-refractivity contribution >= 4 is 23.0 Å². The van der Waals surface area contributed by atoms with E-state index >= 15 is 0 Å². The van der Waals surface area contributed by atoms with Gasteiger partial charge in [-0.05, 0) is 35.2 Å². The van der Waals surface area contributed by atoms with Crippen LogP contribution in [0.15, 0.2) is 22.9 Å². The van der Waals surface area contributed by atoms with E-state index in [4.69, 9.17) is 4.74 Å². The molecule has 2 aromatic rings. The molecular weight excluding hydrogens is 284 g/mol. The highest BCUT2D eigenvalue weighted by Crippen LogP contribution is 2.33. The summed E-state index contributed by atoms with van der Waals surface area (Å²) >= 11 is 1.74. The normalized spacial score (nSPS) is 14.2. The molecule has 1 fully saturated rings. The monoisotopic (exact) mass is 304 g/mol. The number of thiophene rings is 1. The standard InChI is InChI=1S/C15H20N4OS/c1-16-13-7-15(18-14(17-13)9-20-2)19(12-3-4-12)8-11-5-6-21-10-11/h5-7,10,12H,3-4,8-9H2,1-2H3,(H,16,17,18). The number of nitrogens with one attached hydrogen (secondary N) is 1. The van der Waals surface area contributed by atoms with Crippen molar-refractivity contribution in [2.45, 2.75) is 32.0 Å². The molecule has 0 amide bonds. The summed E-state index contributed by atoms with van der Waals surface area (Å²) in [5, 5.41) is 7.43. The zero-order valence-corrected chi connectivity index (χ0v) is 13.2. The highest BCUT2D eigenvalue weighted by Gasteiger charge is 2.30. The summed E-state index contributed by atoms with van der Waals surface area (Å²) in [5.41, 5.74) is 1.34. The third kappa shape index (κ3) is 3.51. The van der Waals surface area contributed by atoms with Crippen LogP contribution in [0.5, 0.6) is 0 Å². The molecule has 0 spiro atoms. The number of hydrogen-bond acceptors (Lipinski definition) is 6. The second kappa shape index (κ2) is 6.41. The Labute approximate surface area is 129 Å². The molecule has 1 aliphatic rings. The van der Waals surface area contributed by atoms with E-state index in [1.165, 1.54) is 18.4 Å². The van der Waals surface area contributed by atoms with Crippen LogP contribution in [0.3, 0.4) is 0 Å². The van der Waals surface area contributed by atoms with Gasteiger partial charge < -0.3 is 15.0 Å². The Morgan fingerprint density at radius 2 is 2.29 bits per heavy atom. The Bertz CT molecular complexity index is 583. The summed E-state index contributed by atoms with van der Waals surface area (Å²) < 4.78 is 5.17. The fraction of sp³-hybridized carbons (Fsp3) is 0.467. The maximum Gasteiger partial charge on any atom is 0.158 e. The van der Waals surface area contributed by atoms with Crippen molar-refractivity contribution < 1.29 is 4.74 Å². The lowest BCUT2D eigenvalue weighted by atomic mass is 10.3. The van der Waals surface area contributed by atoms with Gasteiger partial charge in [0.1, 0.15) is 18.2 Å². The molecule has 6 heteroatoms. The van der Waals surface area contributed by atoms with Crippen molar-refractivity contribution in [2.75, 3.05) is 24.4 Å². The lowest BCUT2D eigenvalue weighted by Gasteiger charge is -2.24. The molecule has 0 aliphatic heterocycles. The number of anilines is 2. The molecule has 1 N–H and O–H groups in total. The van der Waals surface area contributed by atoms with Crippen LogP contribution in [-0.2, 0) is 17.9 Å². The SMILES string of the molecule is CNc1cc(N(Cc2ccsc2)C2CC2)nc(COC)n1. The third-order valence-corrected chi connectivity index (χ3v) is 4.24. The Hall–Kier alpha value is -1.66. The van der Waals surface area contributed by atoms with Crippen LogP contribution in [0.25, 0.3) is 0 Å². The lowest BCUT2D eigenvalue weighted by Crippen LogP contribution is -2.26. The molecule has 112 valence electrons. The van der Waals surface area contributed by atoms with Crippen LogP contribution in [0.4, 0.5) is 11.6 Å². The van der Waals surface area contributed by atoms with Crippen molar-refractivity contribution in [3.8, 4) is 0 Å². The summed E-state index contributed by atoms with van der Waals surface area (Å²) in [4.78, 5) is 11.5. The van der Waals surface area contributed by atoms with Crippen molar-refractivity contribution in [3.63, 3.8) is 0 Å². The Kier molecular flexibility index (Phi) is 4.36. The van der Waals surface area contributed by atoms with Crippen LogP contribution >= 0.6 is 11.3 Å². The first-order valence-corrected chi connectivity index (χ1v) is 8.07. The molecule has 1 saturated carbocycles. The predicted molar refractivity (Wildman–Crippen MR) is 85.8 cm³/mol. The predicted octanol–water partition coefficient (Wildman–Crippen LogP) is 2.90. The van der Waals surface area contributed by atoms with E-state index in [1.54, 1.807) is 18.4 Å². The number of methoxy groups -OCH3 is 1. The minimum Gasteiger partial charge on any atom is -0.377 e. The van der Waals surface area contributed by atoms with Crippen LogP contribution in [0.2, 0.25) is 0 Å². The molecular formula is C15H20N4OS. The number of nitrogens with zero attached hydrogens (tertiary/aromatic N) is 3. The fourth-order valence-electron chi connectivity index (χ4n) is 2.31. The summed E-state index contributed by atoms with van der Waals surface area (Å²) in [5.74, 6) is 2.54. The highest BCUT2D eigenvalue weighted by molar-refractivity contribution is 7.07. The van der Waals surface area contributed by atoms with Gasteiger partial charge in [0.15, 0.2) is 5.82 Å². The number of ether oxygens (including phenoxy) is 1. The first kappa shape index (κ1) is 14.3. The molecule has 0 aromatic carbocycles. The van der Waals surface area contributed by atoms with Gasteiger partial charge in [-0.25, -0.2) is 9.97 Å². The molecule has 5 nitrogen and oxygen atoms in total. The molecule has 0 unspecified atom stereocenters. The van der Waals surface area contributed by atoms with Gasteiger partial charge in [-0.2, -0.15) is 11.3 Å².